The third-order valence-electron chi connectivity index (χ3n) is 4.25. The Morgan fingerprint density at radius 2 is 2.00 bits per heavy atom. The fourth-order valence-corrected chi connectivity index (χ4v) is 3.22. The molecule has 4 nitrogen and oxygen atoms in total. The third kappa shape index (κ3) is 4.46. The van der Waals surface area contributed by atoms with Gasteiger partial charge in [-0.15, -0.1) is 0 Å². The number of hydrogen-bond donors (Lipinski definition) is 1. The standard InChI is InChI=1S/C17H25NO3/c1-21-16-11-6-5-10-15(16)18(13-7-12-17(19)20)14-8-3-2-4-9-14/h2-4,8-9,15-16H,5-7,10-13H2,1H3,(H,19,20). The molecule has 0 bridgehead atoms. The number of ether oxygens (including phenoxy) is 1. The zero-order chi connectivity index (χ0) is 15.1. The topological polar surface area (TPSA) is 49.8 Å². The van der Waals surface area contributed by atoms with Crippen LogP contribution >= 0.6 is 0 Å². The van der Waals surface area contributed by atoms with Gasteiger partial charge in [0.15, 0.2) is 0 Å². The van der Waals surface area contributed by atoms with E-state index in [1.165, 1.54) is 12.8 Å². The van der Waals surface area contributed by atoms with Gasteiger partial charge in [0, 0.05) is 25.8 Å². The monoisotopic (exact) mass is 291 g/mol. The van der Waals surface area contributed by atoms with E-state index in [1.807, 2.05) is 18.2 Å². The third-order valence-corrected chi connectivity index (χ3v) is 4.25. The van der Waals surface area contributed by atoms with E-state index < -0.39 is 5.97 Å². The molecule has 4 heteroatoms. The van der Waals surface area contributed by atoms with Crippen LogP contribution in [-0.4, -0.2) is 36.9 Å². The molecule has 1 fully saturated rings. The lowest BCUT2D eigenvalue weighted by Crippen LogP contribution is -2.47. The Morgan fingerprint density at radius 1 is 1.29 bits per heavy atom. The number of carboxylic acids is 1. The molecule has 1 aromatic carbocycles. The summed E-state index contributed by atoms with van der Waals surface area (Å²) in [5.41, 5.74) is 1.16. The van der Waals surface area contributed by atoms with Crippen LogP contribution < -0.4 is 4.90 Å². The lowest BCUT2D eigenvalue weighted by Gasteiger charge is -2.40. The number of nitrogens with zero attached hydrogens (tertiary/aromatic N) is 1. The first kappa shape index (κ1) is 15.8. The molecule has 1 N–H and O–H groups in total. The van der Waals surface area contributed by atoms with Crippen LogP contribution in [0.2, 0.25) is 0 Å². The molecule has 1 aliphatic rings. The molecule has 0 spiro atoms. The highest BCUT2D eigenvalue weighted by Crippen LogP contribution is 2.29. The molecule has 2 rings (SSSR count). The highest BCUT2D eigenvalue weighted by atomic mass is 16.5. The first-order chi connectivity index (χ1) is 10.2. The summed E-state index contributed by atoms with van der Waals surface area (Å²) in [5, 5.41) is 8.86. The number of carbonyl (C=O) groups is 1. The van der Waals surface area contributed by atoms with E-state index in [0.29, 0.717) is 12.5 Å². The summed E-state index contributed by atoms with van der Waals surface area (Å²) in [7, 11) is 1.78. The van der Waals surface area contributed by atoms with Crippen LogP contribution in [0.25, 0.3) is 0 Å². The average Bonchev–Trinajstić information content (AvgIpc) is 2.52. The number of benzene rings is 1. The van der Waals surface area contributed by atoms with Crippen molar-refractivity contribution in [3.05, 3.63) is 30.3 Å². The molecule has 1 saturated carbocycles. The van der Waals surface area contributed by atoms with E-state index in [0.717, 1.165) is 25.1 Å². The summed E-state index contributed by atoms with van der Waals surface area (Å²) in [6, 6.07) is 10.6. The van der Waals surface area contributed by atoms with Gasteiger partial charge in [0.05, 0.1) is 12.1 Å². The van der Waals surface area contributed by atoms with Crippen LogP contribution in [0.1, 0.15) is 38.5 Å². The molecule has 1 aromatic rings. The fraction of sp³-hybridized carbons (Fsp3) is 0.588. The normalized spacial score (nSPS) is 22.0. The van der Waals surface area contributed by atoms with Gasteiger partial charge < -0.3 is 14.7 Å². The Labute approximate surface area is 126 Å². The molecule has 0 aromatic heterocycles. The zero-order valence-electron chi connectivity index (χ0n) is 12.7. The van der Waals surface area contributed by atoms with Gasteiger partial charge in [0.25, 0.3) is 0 Å². The molecule has 2 atom stereocenters. The Bertz CT molecular complexity index is 435. The highest BCUT2D eigenvalue weighted by Gasteiger charge is 2.30. The number of hydrogen-bond acceptors (Lipinski definition) is 3. The quantitative estimate of drug-likeness (QED) is 0.837. The van der Waals surface area contributed by atoms with Crippen molar-refractivity contribution >= 4 is 11.7 Å². The van der Waals surface area contributed by atoms with Gasteiger partial charge in [-0.3, -0.25) is 4.79 Å². The number of para-hydroxylation sites is 1. The molecule has 0 radical (unpaired) electrons. The smallest absolute Gasteiger partial charge is 0.303 e. The van der Waals surface area contributed by atoms with E-state index in [1.54, 1.807) is 7.11 Å². The molecular weight excluding hydrogens is 266 g/mol. The van der Waals surface area contributed by atoms with Gasteiger partial charge in [0.2, 0.25) is 0 Å². The maximum Gasteiger partial charge on any atom is 0.303 e. The van der Waals surface area contributed by atoms with E-state index in [9.17, 15) is 4.79 Å². The van der Waals surface area contributed by atoms with E-state index in [-0.39, 0.29) is 12.5 Å². The first-order valence-electron chi connectivity index (χ1n) is 7.78. The second-order valence-corrected chi connectivity index (χ2v) is 5.65. The van der Waals surface area contributed by atoms with Crippen LogP contribution in [0.3, 0.4) is 0 Å². The van der Waals surface area contributed by atoms with Crippen LogP contribution in [-0.2, 0) is 9.53 Å². The minimum Gasteiger partial charge on any atom is -0.481 e. The lowest BCUT2D eigenvalue weighted by atomic mass is 9.90. The predicted octanol–water partition coefficient (Wildman–Crippen LogP) is 3.32. The largest absolute Gasteiger partial charge is 0.481 e. The van der Waals surface area contributed by atoms with Crippen molar-refractivity contribution in [1.29, 1.82) is 0 Å². The summed E-state index contributed by atoms with van der Waals surface area (Å²) < 4.78 is 5.68. The Kier molecular flexibility index (Phi) is 6.05. The van der Waals surface area contributed by atoms with Crippen LogP contribution in [0.15, 0.2) is 30.3 Å². The van der Waals surface area contributed by atoms with Crippen LogP contribution in [0.4, 0.5) is 5.69 Å². The Balaban J connectivity index is 2.12. The molecular formula is C17H25NO3. The maximum absolute atomic E-state index is 10.8. The number of anilines is 1. The van der Waals surface area contributed by atoms with Crippen LogP contribution in [0, 0.1) is 0 Å². The van der Waals surface area contributed by atoms with Crippen molar-refractivity contribution in [1.82, 2.24) is 0 Å². The Morgan fingerprint density at radius 3 is 2.67 bits per heavy atom. The van der Waals surface area contributed by atoms with Crippen molar-refractivity contribution < 1.29 is 14.6 Å². The summed E-state index contributed by atoms with van der Waals surface area (Å²) >= 11 is 0. The zero-order valence-corrected chi connectivity index (χ0v) is 12.7. The molecule has 0 amide bonds. The van der Waals surface area contributed by atoms with E-state index in [2.05, 4.69) is 17.0 Å². The molecule has 0 heterocycles. The number of carboxylic acid groups (broad SMARTS) is 1. The molecule has 0 aliphatic heterocycles. The molecule has 116 valence electrons. The maximum atomic E-state index is 10.8. The molecule has 2 unspecified atom stereocenters. The van der Waals surface area contributed by atoms with Gasteiger partial charge in [-0.2, -0.15) is 0 Å². The van der Waals surface area contributed by atoms with Gasteiger partial charge >= 0.3 is 5.97 Å². The number of methoxy groups -OCH3 is 1. The summed E-state index contributed by atoms with van der Waals surface area (Å²) in [6.07, 6.45) is 5.75. The molecule has 21 heavy (non-hydrogen) atoms. The number of rotatable bonds is 7. The first-order valence-corrected chi connectivity index (χ1v) is 7.78. The molecule has 0 saturated heterocycles. The summed E-state index contributed by atoms with van der Waals surface area (Å²) in [4.78, 5) is 13.1. The minimum absolute atomic E-state index is 0.216. The van der Waals surface area contributed by atoms with Crippen molar-refractivity contribution in [3.63, 3.8) is 0 Å². The van der Waals surface area contributed by atoms with E-state index in [4.69, 9.17) is 9.84 Å². The molecule has 1 aliphatic carbocycles. The summed E-state index contributed by atoms with van der Waals surface area (Å²) in [6.45, 7) is 0.765. The van der Waals surface area contributed by atoms with Crippen LogP contribution in [0.5, 0.6) is 0 Å². The average molecular weight is 291 g/mol. The van der Waals surface area contributed by atoms with E-state index >= 15 is 0 Å². The van der Waals surface area contributed by atoms with Gasteiger partial charge in [-0.05, 0) is 31.4 Å². The number of aliphatic carboxylic acids is 1. The van der Waals surface area contributed by atoms with Gasteiger partial charge in [-0.25, -0.2) is 0 Å². The van der Waals surface area contributed by atoms with Crippen molar-refractivity contribution in [2.24, 2.45) is 0 Å². The van der Waals surface area contributed by atoms with Gasteiger partial charge in [-0.1, -0.05) is 31.0 Å². The van der Waals surface area contributed by atoms with Crippen molar-refractivity contribution in [2.75, 3.05) is 18.6 Å². The Hall–Kier alpha value is -1.55. The SMILES string of the molecule is COC1CCCCC1N(CCCC(=O)O)c1ccccc1. The highest BCUT2D eigenvalue weighted by molar-refractivity contribution is 5.66. The van der Waals surface area contributed by atoms with Crippen molar-refractivity contribution in [3.8, 4) is 0 Å². The second-order valence-electron chi connectivity index (χ2n) is 5.65. The lowest BCUT2D eigenvalue weighted by molar-refractivity contribution is -0.137. The van der Waals surface area contributed by atoms with Crippen molar-refractivity contribution in [2.45, 2.75) is 50.7 Å². The fourth-order valence-electron chi connectivity index (χ4n) is 3.22. The minimum atomic E-state index is -0.727. The second kappa shape index (κ2) is 8.03. The summed E-state index contributed by atoms with van der Waals surface area (Å²) in [5.74, 6) is -0.727. The predicted molar refractivity (Wildman–Crippen MR) is 83.7 cm³/mol. The van der Waals surface area contributed by atoms with Gasteiger partial charge in [0.1, 0.15) is 0 Å².